The van der Waals surface area contributed by atoms with Gasteiger partial charge in [-0.1, -0.05) is 0 Å². The van der Waals surface area contributed by atoms with E-state index >= 15 is 0 Å². The molecule has 78 valence electrons. The largest absolute Gasteiger partial charge is 0.478 e. The van der Waals surface area contributed by atoms with Crippen LogP contribution >= 0.6 is 0 Å². The number of hydrogen-bond acceptors (Lipinski definition) is 4. The maximum Gasteiger partial charge on any atom is 0.371 e. The van der Waals surface area contributed by atoms with Crippen molar-refractivity contribution in [3.63, 3.8) is 0 Å². The molecule has 1 aromatic rings. The second-order valence-electron chi connectivity index (χ2n) is 2.55. The van der Waals surface area contributed by atoms with Gasteiger partial charge in [-0.25, -0.2) is 14.4 Å². The Morgan fingerprint density at radius 3 is 2.47 bits per heavy atom. The molecular formula is C9H6O6. The predicted molar refractivity (Wildman–Crippen MR) is 48.6 cm³/mol. The summed E-state index contributed by atoms with van der Waals surface area (Å²) in [5.41, 5.74) is -0.689. The normalized spacial score (nSPS) is 10.4. The molecule has 0 radical (unpaired) electrons. The summed E-state index contributed by atoms with van der Waals surface area (Å²) in [6, 6.07) is 2.05. The molecule has 0 aliphatic rings. The average molecular weight is 210 g/mol. The Morgan fingerprint density at radius 1 is 1.27 bits per heavy atom. The summed E-state index contributed by atoms with van der Waals surface area (Å²) in [5, 5.41) is 16.9. The third-order valence-corrected chi connectivity index (χ3v) is 1.42. The number of aromatic carboxylic acids is 1. The van der Waals surface area contributed by atoms with Crippen LogP contribution in [0.1, 0.15) is 16.1 Å². The van der Waals surface area contributed by atoms with E-state index in [0.717, 1.165) is 24.3 Å². The van der Waals surface area contributed by atoms with Crippen molar-refractivity contribution in [2.75, 3.05) is 0 Å². The molecule has 0 atom stereocenters. The number of rotatable bonds is 3. The summed E-state index contributed by atoms with van der Waals surface area (Å²) in [7, 11) is 0. The second-order valence-corrected chi connectivity index (χ2v) is 2.55. The van der Waals surface area contributed by atoms with Crippen molar-refractivity contribution in [2.45, 2.75) is 0 Å². The van der Waals surface area contributed by atoms with Crippen molar-refractivity contribution in [2.24, 2.45) is 0 Å². The number of aliphatic carboxylic acids is 1. The maximum absolute atomic E-state index is 10.8. The van der Waals surface area contributed by atoms with Gasteiger partial charge in [-0.15, -0.1) is 0 Å². The summed E-state index contributed by atoms with van der Waals surface area (Å²) < 4.78 is 4.35. The van der Waals surface area contributed by atoms with E-state index < -0.39 is 23.3 Å². The van der Waals surface area contributed by atoms with Crippen LogP contribution in [0.2, 0.25) is 0 Å². The Labute approximate surface area is 83.1 Å². The zero-order valence-electron chi connectivity index (χ0n) is 7.34. The molecule has 6 heteroatoms. The molecular weight excluding hydrogens is 204 g/mol. The smallest absolute Gasteiger partial charge is 0.371 e. The van der Waals surface area contributed by atoms with Gasteiger partial charge < -0.3 is 14.6 Å². The minimum absolute atomic E-state index is 0.158. The van der Waals surface area contributed by atoms with Crippen LogP contribution in [0, 0.1) is 0 Å². The van der Waals surface area contributed by atoms with Crippen molar-refractivity contribution in [3.05, 3.63) is 40.0 Å². The molecule has 0 unspecified atom stereocenters. The van der Waals surface area contributed by atoms with Crippen LogP contribution in [0.3, 0.4) is 0 Å². The van der Waals surface area contributed by atoms with Gasteiger partial charge >= 0.3 is 17.6 Å². The lowest BCUT2D eigenvalue weighted by atomic mass is 10.2. The summed E-state index contributed by atoms with van der Waals surface area (Å²) in [6.07, 6.45) is 1.89. The third kappa shape index (κ3) is 3.11. The SMILES string of the molecule is O=C(O)/C=C/c1cc(C(=O)O)oc(=O)c1. The number of carboxylic acids is 2. The highest BCUT2D eigenvalue weighted by atomic mass is 16.4. The van der Waals surface area contributed by atoms with Crippen molar-refractivity contribution < 1.29 is 24.2 Å². The monoisotopic (exact) mass is 210 g/mol. The zero-order chi connectivity index (χ0) is 11.4. The van der Waals surface area contributed by atoms with E-state index in [1.54, 1.807) is 0 Å². The molecule has 0 aliphatic carbocycles. The topological polar surface area (TPSA) is 105 Å². The lowest BCUT2D eigenvalue weighted by molar-refractivity contribution is -0.131. The quantitative estimate of drug-likeness (QED) is 0.701. The molecule has 0 saturated heterocycles. The van der Waals surface area contributed by atoms with Crippen LogP contribution in [0.5, 0.6) is 0 Å². The van der Waals surface area contributed by atoms with Gasteiger partial charge in [-0.2, -0.15) is 0 Å². The highest BCUT2D eigenvalue weighted by Crippen LogP contribution is 2.03. The van der Waals surface area contributed by atoms with E-state index in [9.17, 15) is 14.4 Å². The summed E-state index contributed by atoms with van der Waals surface area (Å²) in [6.45, 7) is 0. The first-order valence-electron chi connectivity index (χ1n) is 3.78. The molecule has 0 spiro atoms. The molecule has 1 aromatic heterocycles. The molecule has 1 heterocycles. The highest BCUT2D eigenvalue weighted by Gasteiger charge is 2.07. The lowest BCUT2D eigenvalue weighted by Gasteiger charge is -1.94. The highest BCUT2D eigenvalue weighted by molar-refractivity contribution is 5.87. The first-order chi connectivity index (χ1) is 6.99. The van der Waals surface area contributed by atoms with Crippen molar-refractivity contribution in [1.29, 1.82) is 0 Å². The van der Waals surface area contributed by atoms with Crippen LogP contribution in [0.15, 0.2) is 27.4 Å². The first kappa shape index (κ1) is 10.7. The van der Waals surface area contributed by atoms with Crippen LogP contribution in [0.25, 0.3) is 6.08 Å². The second kappa shape index (κ2) is 4.23. The van der Waals surface area contributed by atoms with Crippen LogP contribution in [-0.4, -0.2) is 22.2 Å². The molecule has 0 saturated carbocycles. The van der Waals surface area contributed by atoms with Gasteiger partial charge in [0.15, 0.2) is 0 Å². The predicted octanol–water partition coefficient (Wildman–Crippen LogP) is 0.436. The molecule has 0 aromatic carbocycles. The van der Waals surface area contributed by atoms with E-state index in [4.69, 9.17) is 10.2 Å². The minimum atomic E-state index is -1.39. The van der Waals surface area contributed by atoms with E-state index in [2.05, 4.69) is 4.42 Å². The van der Waals surface area contributed by atoms with Crippen molar-refractivity contribution >= 4 is 18.0 Å². The fourth-order valence-electron chi connectivity index (χ4n) is 0.866. The van der Waals surface area contributed by atoms with Gasteiger partial charge in [-0.3, -0.25) is 0 Å². The molecule has 15 heavy (non-hydrogen) atoms. The summed E-state index contributed by atoms with van der Waals surface area (Å²) in [4.78, 5) is 31.5. The summed E-state index contributed by atoms with van der Waals surface area (Å²) in [5.74, 6) is -3.12. The summed E-state index contributed by atoms with van der Waals surface area (Å²) >= 11 is 0. The van der Waals surface area contributed by atoms with E-state index in [1.807, 2.05) is 0 Å². The van der Waals surface area contributed by atoms with Crippen molar-refractivity contribution in [3.8, 4) is 0 Å². The fourth-order valence-corrected chi connectivity index (χ4v) is 0.866. The van der Waals surface area contributed by atoms with Gasteiger partial charge in [0.05, 0.1) is 0 Å². The standard InChI is InChI=1S/C9H6O6/c10-7(11)2-1-5-3-6(9(13)14)15-8(12)4-5/h1-4H,(H,10,11)(H,13,14)/b2-1+. The van der Waals surface area contributed by atoms with E-state index in [-0.39, 0.29) is 5.56 Å². The minimum Gasteiger partial charge on any atom is -0.478 e. The van der Waals surface area contributed by atoms with Crippen LogP contribution in [-0.2, 0) is 4.79 Å². The average Bonchev–Trinajstić information content (AvgIpc) is 2.13. The Bertz CT molecular complexity index is 482. The van der Waals surface area contributed by atoms with Crippen LogP contribution < -0.4 is 5.63 Å². The number of carbonyl (C=O) groups is 2. The van der Waals surface area contributed by atoms with Gasteiger partial charge in [0.25, 0.3) is 0 Å². The van der Waals surface area contributed by atoms with E-state index in [0.29, 0.717) is 0 Å². The van der Waals surface area contributed by atoms with Gasteiger partial charge in [-0.05, 0) is 17.7 Å². The Kier molecular flexibility index (Phi) is 3.02. The number of hydrogen-bond donors (Lipinski definition) is 2. The Morgan fingerprint density at radius 2 is 1.93 bits per heavy atom. The molecule has 0 aliphatic heterocycles. The zero-order valence-corrected chi connectivity index (χ0v) is 7.34. The molecule has 6 nitrogen and oxygen atoms in total. The molecule has 1 rings (SSSR count). The van der Waals surface area contributed by atoms with E-state index in [1.165, 1.54) is 0 Å². The Hall–Kier alpha value is -2.37. The third-order valence-electron chi connectivity index (χ3n) is 1.42. The Balaban J connectivity index is 3.15. The molecule has 0 bridgehead atoms. The lowest BCUT2D eigenvalue weighted by Crippen LogP contribution is -2.05. The van der Waals surface area contributed by atoms with Crippen molar-refractivity contribution in [1.82, 2.24) is 0 Å². The number of carboxylic acid groups (broad SMARTS) is 2. The van der Waals surface area contributed by atoms with Gasteiger partial charge in [0.2, 0.25) is 5.76 Å². The van der Waals surface area contributed by atoms with Gasteiger partial charge in [0.1, 0.15) is 0 Å². The molecule has 2 N–H and O–H groups in total. The first-order valence-corrected chi connectivity index (χ1v) is 3.78. The fraction of sp³-hybridized carbons (Fsp3) is 0. The maximum atomic E-state index is 10.8. The molecule has 0 fully saturated rings. The van der Waals surface area contributed by atoms with Gasteiger partial charge in [0, 0.05) is 12.1 Å². The molecule has 0 amide bonds. The van der Waals surface area contributed by atoms with Crippen LogP contribution in [0.4, 0.5) is 0 Å².